The summed E-state index contributed by atoms with van der Waals surface area (Å²) in [4.78, 5) is 71.1. The molecular weight excluding hydrogens is 861 g/mol. The number of rotatable bonds is 11. The summed E-state index contributed by atoms with van der Waals surface area (Å²) in [6, 6.07) is 8.46. The first-order valence-corrected chi connectivity index (χ1v) is 24.5. The molecule has 14 atom stereocenters. The van der Waals surface area contributed by atoms with Gasteiger partial charge in [0.15, 0.2) is 0 Å². The highest BCUT2D eigenvalue weighted by Crippen LogP contribution is 2.39. The van der Waals surface area contributed by atoms with Gasteiger partial charge in [0.1, 0.15) is 30.6 Å². The van der Waals surface area contributed by atoms with Gasteiger partial charge in [-0.25, -0.2) is 4.79 Å². The molecule has 3 aliphatic heterocycles. The lowest BCUT2D eigenvalue weighted by atomic mass is 9.81. The predicted octanol–water partition coefficient (Wildman–Crippen LogP) is 5.81. The molecule has 5 rings (SSSR count). The lowest BCUT2D eigenvalue weighted by molar-refractivity contribution is -0.302. The fraction of sp³-hybridized carbons (Fsp3) is 0.712. The SMILES string of the molecule is CCC1C=C(C)CC(C)CC(OC)C2OC(O)(C(=O)C(=O)N3CCCCC3C(=O)OC(C(C)=CC3CCC(OCC(=O)NCc4ccccc4)C(OC)C3)C(C)C(O)CC1=O)C(C)CC2OC. The second-order valence-electron chi connectivity index (χ2n) is 19.7. The Hall–Kier alpha value is -3.83. The number of hydrogen-bond acceptors (Lipinski definition) is 13. The number of aliphatic hydroxyl groups is 2. The zero-order valence-corrected chi connectivity index (χ0v) is 41.3. The number of nitrogens with zero attached hydrogens (tertiary/aromatic N) is 1. The third-order valence-electron chi connectivity index (χ3n) is 14.6. The molecule has 3 heterocycles. The normalized spacial score (nSPS) is 35.7. The van der Waals surface area contributed by atoms with Crippen molar-refractivity contribution in [3.05, 3.63) is 59.2 Å². The molecule has 0 radical (unpaired) electrons. The van der Waals surface area contributed by atoms with Gasteiger partial charge >= 0.3 is 5.97 Å². The molecule has 2 bridgehead atoms. The maximum atomic E-state index is 14.5. The van der Waals surface area contributed by atoms with Gasteiger partial charge in [0, 0.05) is 58.6 Å². The number of ketones is 2. The molecule has 67 heavy (non-hydrogen) atoms. The van der Waals surface area contributed by atoms with E-state index in [4.69, 9.17) is 28.4 Å². The Morgan fingerprint density at radius 2 is 1.60 bits per heavy atom. The highest BCUT2D eigenvalue weighted by Gasteiger charge is 2.56. The molecule has 3 fully saturated rings. The number of ether oxygens (including phenoxy) is 6. The minimum absolute atomic E-state index is 0.0191. The fourth-order valence-electron chi connectivity index (χ4n) is 10.6. The molecule has 1 aromatic rings. The molecule has 14 unspecified atom stereocenters. The molecule has 0 spiro atoms. The van der Waals surface area contributed by atoms with E-state index in [1.54, 1.807) is 21.0 Å². The van der Waals surface area contributed by atoms with E-state index < -0.39 is 77.8 Å². The van der Waals surface area contributed by atoms with Crippen LogP contribution in [-0.2, 0) is 58.9 Å². The van der Waals surface area contributed by atoms with Gasteiger partial charge in [0.2, 0.25) is 11.7 Å². The predicted molar refractivity (Wildman–Crippen MR) is 250 cm³/mol. The average molecular weight is 939 g/mol. The number of aliphatic hydroxyl groups excluding tert-OH is 1. The van der Waals surface area contributed by atoms with Crippen molar-refractivity contribution in [1.82, 2.24) is 10.2 Å². The van der Waals surface area contributed by atoms with E-state index in [2.05, 4.69) is 12.2 Å². The molecule has 0 aromatic heterocycles. The van der Waals surface area contributed by atoms with Gasteiger partial charge in [0.25, 0.3) is 11.7 Å². The number of benzene rings is 1. The van der Waals surface area contributed by atoms with Crippen LogP contribution in [0.4, 0.5) is 0 Å². The summed E-state index contributed by atoms with van der Waals surface area (Å²) in [6.07, 6.45) is 3.82. The van der Waals surface area contributed by atoms with Gasteiger partial charge in [-0.05, 0) is 101 Å². The number of methoxy groups -OCH3 is 3. The maximum Gasteiger partial charge on any atom is 0.329 e. The highest BCUT2D eigenvalue weighted by atomic mass is 16.7. The number of Topliss-reactive ketones (excluding diaryl/α,β-unsaturated/α-hetero) is 2. The van der Waals surface area contributed by atoms with Crippen LogP contribution in [-0.4, -0.2) is 134 Å². The van der Waals surface area contributed by atoms with E-state index in [1.165, 1.54) is 19.1 Å². The second kappa shape index (κ2) is 25.2. The number of fused-ring (bicyclic) bond motifs is 3. The van der Waals surface area contributed by atoms with Crippen LogP contribution in [0.15, 0.2) is 53.6 Å². The summed E-state index contributed by atoms with van der Waals surface area (Å²) in [7, 11) is 4.67. The van der Waals surface area contributed by atoms with Crippen molar-refractivity contribution in [2.45, 2.75) is 173 Å². The van der Waals surface area contributed by atoms with E-state index >= 15 is 0 Å². The average Bonchev–Trinajstić information content (AvgIpc) is 3.32. The lowest BCUT2D eigenvalue weighted by Gasteiger charge is -2.47. The molecule has 15 nitrogen and oxygen atoms in total. The zero-order chi connectivity index (χ0) is 49.0. The lowest BCUT2D eigenvalue weighted by Crippen LogP contribution is -2.64. The molecule has 1 aromatic carbocycles. The number of esters is 1. The quantitative estimate of drug-likeness (QED) is 0.137. The van der Waals surface area contributed by atoms with Crippen molar-refractivity contribution in [2.75, 3.05) is 34.5 Å². The van der Waals surface area contributed by atoms with Gasteiger partial charge in [-0.2, -0.15) is 0 Å². The minimum atomic E-state index is -2.52. The third-order valence-corrected chi connectivity index (χ3v) is 14.6. The van der Waals surface area contributed by atoms with Crippen LogP contribution in [0.25, 0.3) is 0 Å². The summed E-state index contributed by atoms with van der Waals surface area (Å²) < 4.78 is 36.4. The Morgan fingerprint density at radius 3 is 2.27 bits per heavy atom. The van der Waals surface area contributed by atoms with Gasteiger partial charge < -0.3 is 48.9 Å². The van der Waals surface area contributed by atoms with Gasteiger partial charge in [-0.1, -0.05) is 75.8 Å². The van der Waals surface area contributed by atoms with Gasteiger partial charge in [-0.15, -0.1) is 0 Å². The second-order valence-corrected chi connectivity index (χ2v) is 19.7. The van der Waals surface area contributed by atoms with Crippen LogP contribution < -0.4 is 5.32 Å². The Kier molecular flexibility index (Phi) is 20.3. The van der Waals surface area contributed by atoms with Crippen molar-refractivity contribution in [1.29, 1.82) is 0 Å². The number of allylic oxidation sites excluding steroid dienone is 3. The molecule has 15 heteroatoms. The first kappa shape index (κ1) is 54.1. The molecular formula is C52H78N2O13. The fourth-order valence-corrected chi connectivity index (χ4v) is 10.6. The summed E-state index contributed by atoms with van der Waals surface area (Å²) in [6.45, 7) is 11.5. The van der Waals surface area contributed by atoms with Gasteiger partial charge in [0.05, 0.1) is 30.5 Å². The van der Waals surface area contributed by atoms with E-state index in [0.717, 1.165) is 11.1 Å². The molecule has 374 valence electrons. The van der Waals surface area contributed by atoms with Crippen LogP contribution in [0.5, 0.6) is 0 Å². The Labute approximate surface area is 397 Å². The molecule has 4 aliphatic rings. The first-order valence-electron chi connectivity index (χ1n) is 24.5. The van der Waals surface area contributed by atoms with Crippen molar-refractivity contribution in [2.24, 2.45) is 29.6 Å². The smallest absolute Gasteiger partial charge is 0.329 e. The molecule has 2 saturated heterocycles. The Morgan fingerprint density at radius 1 is 0.910 bits per heavy atom. The van der Waals surface area contributed by atoms with Crippen molar-refractivity contribution in [3.63, 3.8) is 0 Å². The zero-order valence-electron chi connectivity index (χ0n) is 41.3. The maximum absolute atomic E-state index is 14.5. The topological polar surface area (TPSA) is 196 Å². The van der Waals surface area contributed by atoms with Crippen LogP contribution in [0.2, 0.25) is 0 Å². The summed E-state index contributed by atoms with van der Waals surface area (Å²) in [5.74, 6) is -7.94. The van der Waals surface area contributed by atoms with E-state index in [1.807, 2.05) is 63.3 Å². The number of carbonyl (C=O) groups excluding carboxylic acids is 5. The molecule has 1 saturated carbocycles. The number of cyclic esters (lactones) is 1. The molecule has 2 amide bonds. The van der Waals surface area contributed by atoms with Crippen LogP contribution in [0.1, 0.15) is 118 Å². The molecule has 3 N–H and O–H groups in total. The van der Waals surface area contributed by atoms with Crippen LogP contribution in [0, 0.1) is 29.6 Å². The summed E-state index contributed by atoms with van der Waals surface area (Å²) in [5.41, 5.74) is 2.62. The van der Waals surface area contributed by atoms with Crippen molar-refractivity contribution in [3.8, 4) is 0 Å². The third kappa shape index (κ3) is 13.9. The van der Waals surface area contributed by atoms with Crippen LogP contribution >= 0.6 is 0 Å². The Balaban J connectivity index is 1.42. The summed E-state index contributed by atoms with van der Waals surface area (Å²) in [5, 5.41) is 26.8. The number of carbonyl (C=O) groups is 5. The van der Waals surface area contributed by atoms with E-state index in [-0.39, 0.29) is 68.1 Å². The van der Waals surface area contributed by atoms with Crippen molar-refractivity contribution >= 4 is 29.4 Å². The first-order chi connectivity index (χ1) is 31.9. The van der Waals surface area contributed by atoms with Crippen LogP contribution in [0.3, 0.4) is 0 Å². The Bertz CT molecular complexity index is 1890. The monoisotopic (exact) mass is 939 g/mol. The number of nitrogens with one attached hydrogen (secondary N) is 1. The number of hydrogen-bond donors (Lipinski definition) is 3. The number of piperidine rings is 1. The minimum Gasteiger partial charge on any atom is -0.456 e. The molecule has 1 aliphatic carbocycles. The van der Waals surface area contributed by atoms with Gasteiger partial charge in [-0.3, -0.25) is 19.2 Å². The standard InChI is InChI=1S/C52H78N2O13/c1-10-38-23-31(2)22-32(3)24-44(63-8)48-45(64-9)26-34(5)52(61,67-48)49(58)50(59)54-21-15-14-18-39(54)51(60)66-47(35(6)40(55)28-41(38)56)33(4)25-37-19-20-42(43(27-37)62-7)65-30-46(57)53-29-36-16-12-11-13-17-36/h11-13,16-17,23,25,32,34-35,37-40,42-45,47-48,55,61H,10,14-15,18-22,24,26-30H2,1-9H3,(H,53,57). The summed E-state index contributed by atoms with van der Waals surface area (Å²) >= 11 is 0. The number of amides is 2. The highest BCUT2D eigenvalue weighted by molar-refractivity contribution is 6.39. The van der Waals surface area contributed by atoms with E-state index in [0.29, 0.717) is 63.5 Å². The van der Waals surface area contributed by atoms with Crippen molar-refractivity contribution < 1.29 is 62.6 Å². The van der Waals surface area contributed by atoms with E-state index in [9.17, 15) is 34.2 Å². The largest absolute Gasteiger partial charge is 0.456 e.